The summed E-state index contributed by atoms with van der Waals surface area (Å²) in [5.74, 6) is 1.13. The Labute approximate surface area is 103 Å². The summed E-state index contributed by atoms with van der Waals surface area (Å²) >= 11 is 0. The third-order valence-electron chi connectivity index (χ3n) is 3.93. The Bertz CT molecular complexity index is 400. The summed E-state index contributed by atoms with van der Waals surface area (Å²) < 4.78 is 0. The first-order valence-corrected chi connectivity index (χ1v) is 6.68. The molecule has 0 N–H and O–H groups in total. The van der Waals surface area contributed by atoms with Gasteiger partial charge in [-0.05, 0) is 37.3 Å². The number of hydrogen-bond acceptors (Lipinski definition) is 2. The molecule has 0 aromatic carbocycles. The lowest BCUT2D eigenvalue weighted by molar-refractivity contribution is 0.0820. The van der Waals surface area contributed by atoms with Crippen molar-refractivity contribution in [1.82, 2.24) is 4.98 Å². The van der Waals surface area contributed by atoms with E-state index in [0.717, 1.165) is 24.0 Å². The molecular weight excluding hydrogens is 210 g/mol. The van der Waals surface area contributed by atoms with Gasteiger partial charge in [-0.25, -0.2) is 0 Å². The van der Waals surface area contributed by atoms with Crippen LogP contribution in [0, 0.1) is 18.8 Å². The summed E-state index contributed by atoms with van der Waals surface area (Å²) in [5, 5.41) is 0. The second-order valence-electron chi connectivity index (χ2n) is 5.17. The number of Topliss-reactive ketones (excluding diaryl/α,β-unsaturated/α-hetero) is 1. The number of pyridine rings is 1. The van der Waals surface area contributed by atoms with Crippen molar-refractivity contribution >= 4 is 5.78 Å². The maximum absolute atomic E-state index is 12.5. The van der Waals surface area contributed by atoms with Gasteiger partial charge in [0.25, 0.3) is 0 Å². The first kappa shape index (κ1) is 12.3. The molecule has 0 saturated heterocycles. The van der Waals surface area contributed by atoms with Gasteiger partial charge in [-0.15, -0.1) is 0 Å². The SMILES string of the molecule is CCC1CCCCC1C(=O)c1cncc(C)c1. The number of aryl methyl sites for hydroxylation is 1. The Morgan fingerprint density at radius 1 is 1.35 bits per heavy atom. The molecule has 17 heavy (non-hydrogen) atoms. The summed E-state index contributed by atoms with van der Waals surface area (Å²) in [6, 6.07) is 1.97. The highest BCUT2D eigenvalue weighted by molar-refractivity contribution is 5.97. The highest BCUT2D eigenvalue weighted by Crippen LogP contribution is 2.34. The Morgan fingerprint density at radius 2 is 2.12 bits per heavy atom. The van der Waals surface area contributed by atoms with Gasteiger partial charge in [0.1, 0.15) is 0 Å². The number of nitrogens with zero attached hydrogens (tertiary/aromatic N) is 1. The van der Waals surface area contributed by atoms with Crippen LogP contribution in [-0.2, 0) is 0 Å². The molecule has 1 aromatic heterocycles. The zero-order chi connectivity index (χ0) is 12.3. The summed E-state index contributed by atoms with van der Waals surface area (Å²) in [6.07, 6.45) is 9.40. The Kier molecular flexibility index (Phi) is 3.93. The Morgan fingerprint density at radius 3 is 2.82 bits per heavy atom. The fourth-order valence-corrected chi connectivity index (χ4v) is 2.95. The molecule has 2 nitrogen and oxygen atoms in total. The largest absolute Gasteiger partial charge is 0.294 e. The highest BCUT2D eigenvalue weighted by Gasteiger charge is 2.30. The quantitative estimate of drug-likeness (QED) is 0.741. The van der Waals surface area contributed by atoms with E-state index in [-0.39, 0.29) is 5.92 Å². The zero-order valence-electron chi connectivity index (χ0n) is 10.8. The maximum Gasteiger partial charge on any atom is 0.167 e. The van der Waals surface area contributed by atoms with Gasteiger partial charge in [0.2, 0.25) is 0 Å². The molecule has 2 rings (SSSR count). The van der Waals surface area contributed by atoms with Crippen molar-refractivity contribution < 1.29 is 4.79 Å². The normalized spacial score (nSPS) is 24.6. The van der Waals surface area contributed by atoms with E-state index >= 15 is 0 Å². The van der Waals surface area contributed by atoms with E-state index in [9.17, 15) is 4.79 Å². The van der Waals surface area contributed by atoms with E-state index in [1.807, 2.05) is 13.0 Å². The summed E-state index contributed by atoms with van der Waals surface area (Å²) in [7, 11) is 0. The molecule has 0 amide bonds. The lowest BCUT2D eigenvalue weighted by Gasteiger charge is -2.29. The van der Waals surface area contributed by atoms with E-state index in [0.29, 0.717) is 11.7 Å². The molecule has 2 unspecified atom stereocenters. The third kappa shape index (κ3) is 2.74. The second-order valence-corrected chi connectivity index (χ2v) is 5.17. The van der Waals surface area contributed by atoms with Crippen LogP contribution in [0.3, 0.4) is 0 Å². The average Bonchev–Trinajstić information content (AvgIpc) is 2.38. The van der Waals surface area contributed by atoms with Gasteiger partial charge in [0.05, 0.1) is 0 Å². The topological polar surface area (TPSA) is 30.0 Å². The third-order valence-corrected chi connectivity index (χ3v) is 3.93. The highest BCUT2D eigenvalue weighted by atomic mass is 16.1. The lowest BCUT2D eigenvalue weighted by atomic mass is 9.74. The van der Waals surface area contributed by atoms with Crippen LogP contribution in [0.15, 0.2) is 18.5 Å². The standard InChI is InChI=1S/C15H21NO/c1-3-12-6-4-5-7-14(12)15(17)13-8-11(2)9-16-10-13/h8-10,12,14H,3-7H2,1-2H3. The molecule has 0 bridgehead atoms. The summed E-state index contributed by atoms with van der Waals surface area (Å²) in [4.78, 5) is 16.6. The molecule has 2 heteroatoms. The van der Waals surface area contributed by atoms with Crippen LogP contribution < -0.4 is 0 Å². The minimum atomic E-state index is 0.234. The van der Waals surface area contributed by atoms with Gasteiger partial charge in [0.15, 0.2) is 5.78 Å². The molecule has 1 saturated carbocycles. The van der Waals surface area contributed by atoms with Gasteiger partial charge >= 0.3 is 0 Å². The van der Waals surface area contributed by atoms with Gasteiger partial charge in [-0.2, -0.15) is 0 Å². The zero-order valence-corrected chi connectivity index (χ0v) is 10.8. The number of rotatable bonds is 3. The summed E-state index contributed by atoms with van der Waals surface area (Å²) in [5.41, 5.74) is 1.87. The van der Waals surface area contributed by atoms with E-state index in [1.54, 1.807) is 12.4 Å². The minimum absolute atomic E-state index is 0.234. The molecule has 1 heterocycles. The van der Waals surface area contributed by atoms with Crippen molar-refractivity contribution in [2.45, 2.75) is 46.0 Å². The van der Waals surface area contributed by atoms with Crippen LogP contribution in [0.2, 0.25) is 0 Å². The second kappa shape index (κ2) is 5.44. The van der Waals surface area contributed by atoms with Gasteiger partial charge in [-0.1, -0.05) is 26.2 Å². The average molecular weight is 231 g/mol. The van der Waals surface area contributed by atoms with Gasteiger partial charge in [-0.3, -0.25) is 9.78 Å². The first-order valence-electron chi connectivity index (χ1n) is 6.68. The predicted molar refractivity (Wildman–Crippen MR) is 69.0 cm³/mol. The monoisotopic (exact) mass is 231 g/mol. The fourth-order valence-electron chi connectivity index (χ4n) is 2.95. The maximum atomic E-state index is 12.5. The predicted octanol–water partition coefficient (Wildman–Crippen LogP) is 3.79. The molecular formula is C15H21NO. The molecule has 0 spiro atoms. The number of aromatic nitrogens is 1. The van der Waals surface area contributed by atoms with Crippen LogP contribution in [0.25, 0.3) is 0 Å². The van der Waals surface area contributed by atoms with Crippen LogP contribution >= 0.6 is 0 Å². The Balaban J connectivity index is 2.18. The number of hydrogen-bond donors (Lipinski definition) is 0. The van der Waals surface area contributed by atoms with Crippen molar-refractivity contribution in [1.29, 1.82) is 0 Å². The number of ketones is 1. The van der Waals surface area contributed by atoms with Gasteiger partial charge < -0.3 is 0 Å². The van der Waals surface area contributed by atoms with E-state index < -0.39 is 0 Å². The molecule has 1 aliphatic rings. The van der Waals surface area contributed by atoms with Crippen molar-refractivity contribution in [2.24, 2.45) is 11.8 Å². The van der Waals surface area contributed by atoms with E-state index in [1.165, 1.54) is 19.3 Å². The molecule has 92 valence electrons. The molecule has 1 fully saturated rings. The molecule has 0 aliphatic heterocycles. The van der Waals surface area contributed by atoms with E-state index in [2.05, 4.69) is 11.9 Å². The molecule has 2 atom stereocenters. The van der Waals surface area contributed by atoms with Crippen LogP contribution in [-0.4, -0.2) is 10.8 Å². The minimum Gasteiger partial charge on any atom is -0.294 e. The Hall–Kier alpha value is -1.18. The lowest BCUT2D eigenvalue weighted by Crippen LogP contribution is -2.27. The number of carbonyl (C=O) groups excluding carboxylic acids is 1. The summed E-state index contributed by atoms with van der Waals surface area (Å²) in [6.45, 7) is 4.19. The van der Waals surface area contributed by atoms with Crippen molar-refractivity contribution in [2.75, 3.05) is 0 Å². The van der Waals surface area contributed by atoms with Crippen LogP contribution in [0.1, 0.15) is 54.9 Å². The molecule has 1 aromatic rings. The van der Waals surface area contributed by atoms with Crippen molar-refractivity contribution in [3.63, 3.8) is 0 Å². The number of carbonyl (C=O) groups is 1. The van der Waals surface area contributed by atoms with Crippen LogP contribution in [0.4, 0.5) is 0 Å². The molecule has 1 aliphatic carbocycles. The van der Waals surface area contributed by atoms with Crippen molar-refractivity contribution in [3.8, 4) is 0 Å². The van der Waals surface area contributed by atoms with Crippen molar-refractivity contribution in [3.05, 3.63) is 29.6 Å². The van der Waals surface area contributed by atoms with Gasteiger partial charge in [0, 0.05) is 23.9 Å². The fraction of sp³-hybridized carbons (Fsp3) is 0.600. The smallest absolute Gasteiger partial charge is 0.167 e. The van der Waals surface area contributed by atoms with E-state index in [4.69, 9.17) is 0 Å². The van der Waals surface area contributed by atoms with Crippen LogP contribution in [0.5, 0.6) is 0 Å². The first-order chi connectivity index (χ1) is 8.22. The molecule has 0 radical (unpaired) electrons.